The number of carbonyl (C=O) groups is 3. The highest BCUT2D eigenvalue weighted by Gasteiger charge is 2.22. The average Bonchev–Trinajstić information content (AvgIpc) is 2.94. The molecule has 0 bridgehead atoms. The Balaban J connectivity index is 4.10. The number of amides is 2. The summed E-state index contributed by atoms with van der Waals surface area (Å²) in [5, 5.41) is 0. The van der Waals surface area contributed by atoms with Gasteiger partial charge in [0.05, 0.1) is 6.54 Å². The molecule has 0 saturated heterocycles. The summed E-state index contributed by atoms with van der Waals surface area (Å²) in [4.78, 5) is 36.7. The summed E-state index contributed by atoms with van der Waals surface area (Å²) in [5.41, 5.74) is 0. The smallest absolute Gasteiger partial charge is 0.322 e. The number of hydrogen-bond acceptors (Lipinski definition) is 6. The van der Waals surface area contributed by atoms with Gasteiger partial charge in [0.2, 0.25) is 0 Å². The van der Waals surface area contributed by atoms with Gasteiger partial charge in [-0.05, 0) is 24.8 Å². The lowest BCUT2D eigenvalue weighted by Gasteiger charge is -2.20. The fraction of sp³-hybridized carbons (Fsp3) is 0.903. The van der Waals surface area contributed by atoms with Crippen molar-refractivity contribution in [2.24, 2.45) is 0 Å². The molecule has 0 unspecified atom stereocenters. The molecular formula is C31H60N2O4S2. The topological polar surface area (TPSA) is 75.7 Å². The molecule has 0 heterocycles. The molecule has 0 spiro atoms. The Morgan fingerprint density at radius 3 is 1.51 bits per heavy atom. The summed E-state index contributed by atoms with van der Waals surface area (Å²) < 4.78 is 9.33. The van der Waals surface area contributed by atoms with E-state index in [2.05, 4.69) is 18.6 Å². The van der Waals surface area contributed by atoms with Gasteiger partial charge in [0.1, 0.15) is 6.61 Å². The molecule has 0 fully saturated rings. The van der Waals surface area contributed by atoms with Gasteiger partial charge in [0, 0.05) is 17.9 Å². The van der Waals surface area contributed by atoms with Crippen LogP contribution >= 0.6 is 23.9 Å². The van der Waals surface area contributed by atoms with Crippen molar-refractivity contribution in [3.63, 3.8) is 0 Å². The third kappa shape index (κ3) is 25.8. The number of hydrogen-bond donors (Lipinski definition) is 1. The number of unbranched alkanes of at least 4 members (excludes halogenated alkanes) is 18. The fourth-order valence-electron chi connectivity index (χ4n) is 4.27. The van der Waals surface area contributed by atoms with Crippen LogP contribution in [-0.4, -0.2) is 46.7 Å². The normalized spacial score (nSPS) is 10.9. The maximum atomic E-state index is 12.8. The summed E-state index contributed by atoms with van der Waals surface area (Å²) in [6.07, 6.45) is 25.7. The first-order valence-electron chi connectivity index (χ1n) is 16.1. The van der Waals surface area contributed by atoms with Crippen LogP contribution < -0.4 is 4.72 Å². The van der Waals surface area contributed by atoms with Crippen LogP contribution in [0, 0.1) is 0 Å². The van der Waals surface area contributed by atoms with E-state index in [1.165, 1.54) is 131 Å². The van der Waals surface area contributed by atoms with Gasteiger partial charge in [-0.3, -0.25) is 23.4 Å². The van der Waals surface area contributed by atoms with Gasteiger partial charge in [0.15, 0.2) is 0 Å². The predicted octanol–water partition coefficient (Wildman–Crippen LogP) is 9.02. The van der Waals surface area contributed by atoms with Crippen LogP contribution in [-0.2, 0) is 19.1 Å². The molecule has 0 atom stereocenters. The molecule has 0 aliphatic carbocycles. The Morgan fingerprint density at radius 1 is 0.615 bits per heavy atom. The molecule has 39 heavy (non-hydrogen) atoms. The van der Waals surface area contributed by atoms with Gasteiger partial charge in [-0.25, -0.2) is 0 Å². The quantitative estimate of drug-likeness (QED) is 0.0425. The van der Waals surface area contributed by atoms with Crippen molar-refractivity contribution in [3.05, 3.63) is 0 Å². The number of ether oxygens (including phenoxy) is 1. The van der Waals surface area contributed by atoms with Crippen LogP contribution in [0.2, 0.25) is 0 Å². The number of carbonyl (C=O) groups excluding carboxylic acids is 3. The summed E-state index contributed by atoms with van der Waals surface area (Å²) in [5.74, 6) is 0.150. The van der Waals surface area contributed by atoms with Crippen molar-refractivity contribution in [2.45, 2.75) is 156 Å². The molecule has 1 N–H and O–H groups in total. The van der Waals surface area contributed by atoms with Crippen LogP contribution in [0.15, 0.2) is 0 Å². The standard InChI is InChI=1S/C31H60N2O4S2/c1-4-7-9-11-13-15-17-19-21-23-27-38-32-30(35)31(36)33(25-26-37-29(34)6-3)39-28-24-22-20-18-16-14-12-10-8-5-2/h4-28H2,1-3H3,(H,32,35). The molecule has 0 aromatic rings. The summed E-state index contributed by atoms with van der Waals surface area (Å²) in [7, 11) is 0. The van der Waals surface area contributed by atoms with Crippen molar-refractivity contribution >= 4 is 41.7 Å². The Kier molecular flexibility index (Phi) is 29.4. The van der Waals surface area contributed by atoms with E-state index in [9.17, 15) is 14.4 Å². The average molecular weight is 589 g/mol. The highest BCUT2D eigenvalue weighted by atomic mass is 32.2. The zero-order valence-electron chi connectivity index (χ0n) is 25.6. The Morgan fingerprint density at radius 2 is 1.05 bits per heavy atom. The zero-order valence-corrected chi connectivity index (χ0v) is 27.2. The van der Waals surface area contributed by atoms with Crippen molar-refractivity contribution in [1.29, 1.82) is 0 Å². The largest absolute Gasteiger partial charge is 0.464 e. The van der Waals surface area contributed by atoms with E-state index in [0.717, 1.165) is 37.2 Å². The molecular weight excluding hydrogens is 528 g/mol. The molecule has 0 saturated carbocycles. The SMILES string of the molecule is CCCCCCCCCCCCSNC(=O)C(=O)N(CCOC(=O)CC)SCCCCCCCCCCCC. The van der Waals surface area contributed by atoms with Crippen molar-refractivity contribution in [2.75, 3.05) is 24.7 Å². The van der Waals surface area contributed by atoms with E-state index >= 15 is 0 Å². The lowest BCUT2D eigenvalue weighted by molar-refractivity contribution is -0.145. The fourth-order valence-corrected chi connectivity index (χ4v) is 5.89. The van der Waals surface area contributed by atoms with E-state index in [-0.39, 0.29) is 19.1 Å². The number of nitrogens with zero attached hydrogens (tertiary/aromatic N) is 1. The van der Waals surface area contributed by atoms with Crippen molar-refractivity contribution < 1.29 is 19.1 Å². The second kappa shape index (κ2) is 30.1. The Hall–Kier alpha value is -0.890. The minimum atomic E-state index is -0.593. The molecule has 6 nitrogen and oxygen atoms in total. The molecule has 0 aliphatic rings. The van der Waals surface area contributed by atoms with Gasteiger partial charge >= 0.3 is 17.8 Å². The molecule has 0 aliphatic heterocycles. The van der Waals surface area contributed by atoms with Crippen molar-refractivity contribution in [3.8, 4) is 0 Å². The third-order valence-corrected chi connectivity index (χ3v) is 8.73. The van der Waals surface area contributed by atoms with Gasteiger partial charge in [-0.15, -0.1) is 0 Å². The van der Waals surface area contributed by atoms with Crippen LogP contribution in [0.25, 0.3) is 0 Å². The molecule has 230 valence electrons. The Labute approximate surface area is 249 Å². The van der Waals surface area contributed by atoms with Gasteiger partial charge in [0.25, 0.3) is 0 Å². The molecule has 0 aromatic heterocycles. The van der Waals surface area contributed by atoms with Crippen LogP contribution in [0.1, 0.15) is 156 Å². The monoisotopic (exact) mass is 588 g/mol. The highest BCUT2D eigenvalue weighted by molar-refractivity contribution is 7.98. The first-order valence-corrected chi connectivity index (χ1v) is 18.0. The van der Waals surface area contributed by atoms with Crippen molar-refractivity contribution in [1.82, 2.24) is 9.03 Å². The van der Waals surface area contributed by atoms with E-state index in [1.807, 2.05) is 0 Å². The summed E-state index contributed by atoms with van der Waals surface area (Å²) >= 11 is 2.70. The van der Waals surface area contributed by atoms with Gasteiger partial charge in [-0.1, -0.05) is 148 Å². The van der Waals surface area contributed by atoms with Crippen LogP contribution in [0.4, 0.5) is 0 Å². The third-order valence-electron chi connectivity index (χ3n) is 6.78. The highest BCUT2D eigenvalue weighted by Crippen LogP contribution is 2.17. The summed E-state index contributed by atoms with van der Waals surface area (Å²) in [6, 6.07) is 0. The van der Waals surface area contributed by atoms with Crippen LogP contribution in [0.5, 0.6) is 0 Å². The molecule has 2 amide bonds. The lowest BCUT2D eigenvalue weighted by Crippen LogP contribution is -2.39. The molecule has 0 rings (SSSR count). The number of rotatable bonds is 28. The zero-order chi connectivity index (χ0) is 28.8. The van der Waals surface area contributed by atoms with E-state index < -0.39 is 11.8 Å². The second-order valence-electron chi connectivity index (χ2n) is 10.5. The molecule has 0 radical (unpaired) electrons. The first-order chi connectivity index (χ1) is 19.1. The molecule has 8 heteroatoms. The maximum Gasteiger partial charge on any atom is 0.322 e. The Bertz CT molecular complexity index is 593. The first kappa shape index (κ1) is 38.1. The minimum Gasteiger partial charge on any atom is -0.464 e. The van der Waals surface area contributed by atoms with Gasteiger partial charge in [-0.2, -0.15) is 0 Å². The second-order valence-corrected chi connectivity index (χ2v) is 12.5. The lowest BCUT2D eigenvalue weighted by atomic mass is 10.1. The van der Waals surface area contributed by atoms with E-state index in [1.54, 1.807) is 6.92 Å². The van der Waals surface area contributed by atoms with E-state index in [4.69, 9.17) is 4.74 Å². The summed E-state index contributed by atoms with van der Waals surface area (Å²) in [6.45, 7) is 6.57. The maximum absolute atomic E-state index is 12.8. The van der Waals surface area contributed by atoms with Crippen LogP contribution in [0.3, 0.4) is 0 Å². The molecule has 0 aromatic carbocycles. The number of esters is 1. The minimum absolute atomic E-state index is 0.114. The predicted molar refractivity (Wildman–Crippen MR) is 170 cm³/mol. The van der Waals surface area contributed by atoms with E-state index in [0.29, 0.717) is 6.42 Å². The van der Waals surface area contributed by atoms with Gasteiger partial charge < -0.3 is 4.74 Å². The number of nitrogens with one attached hydrogen (secondary N) is 1.